The number of nitrogens with two attached hydrogens (primary N) is 1. The van der Waals surface area contributed by atoms with Crippen molar-refractivity contribution in [3.05, 3.63) is 22.5 Å². The minimum absolute atomic E-state index is 0.00366. The van der Waals surface area contributed by atoms with Gasteiger partial charge in [0.2, 0.25) is 5.95 Å². The van der Waals surface area contributed by atoms with Crippen LogP contribution < -0.4 is 5.73 Å². The molecular formula is C15H23N3. The third-order valence-electron chi connectivity index (χ3n) is 3.81. The number of hydrogen-bond donors (Lipinski definition) is 1. The largest absolute Gasteiger partial charge is 0.368 e. The Morgan fingerprint density at radius 1 is 1.22 bits per heavy atom. The van der Waals surface area contributed by atoms with Crippen LogP contribution in [0.15, 0.2) is 5.57 Å². The minimum atomic E-state index is -0.00366. The van der Waals surface area contributed by atoms with Gasteiger partial charge >= 0.3 is 0 Å². The molecule has 0 spiro atoms. The van der Waals surface area contributed by atoms with E-state index in [9.17, 15) is 0 Å². The Labute approximate surface area is 110 Å². The molecule has 98 valence electrons. The monoisotopic (exact) mass is 245 g/mol. The van der Waals surface area contributed by atoms with E-state index in [1.807, 2.05) is 0 Å². The quantitative estimate of drug-likeness (QED) is 0.762. The van der Waals surface area contributed by atoms with E-state index in [4.69, 9.17) is 5.73 Å². The number of nitrogen functional groups attached to an aromatic ring is 1. The van der Waals surface area contributed by atoms with E-state index in [2.05, 4.69) is 57.6 Å². The zero-order valence-corrected chi connectivity index (χ0v) is 12.3. The summed E-state index contributed by atoms with van der Waals surface area (Å²) in [6.07, 6.45) is 3.14. The smallest absolute Gasteiger partial charge is 0.220 e. The molecule has 0 saturated carbocycles. The molecule has 18 heavy (non-hydrogen) atoms. The van der Waals surface area contributed by atoms with Gasteiger partial charge in [-0.2, -0.15) is 0 Å². The van der Waals surface area contributed by atoms with E-state index in [-0.39, 0.29) is 10.8 Å². The highest BCUT2D eigenvalue weighted by atomic mass is 15.0. The third kappa shape index (κ3) is 2.14. The number of fused-ring (bicyclic) bond motifs is 1. The van der Waals surface area contributed by atoms with Gasteiger partial charge in [0.15, 0.2) is 0 Å². The molecule has 0 aromatic carbocycles. The molecule has 0 atom stereocenters. The maximum absolute atomic E-state index is 5.84. The van der Waals surface area contributed by atoms with Gasteiger partial charge < -0.3 is 5.73 Å². The molecule has 0 fully saturated rings. The van der Waals surface area contributed by atoms with Crippen molar-refractivity contribution in [1.82, 2.24) is 9.97 Å². The summed E-state index contributed by atoms with van der Waals surface area (Å²) in [6.45, 7) is 13.2. The lowest BCUT2D eigenvalue weighted by molar-refractivity contribution is 0.429. The number of hydrogen-bond acceptors (Lipinski definition) is 3. The number of nitrogens with zero attached hydrogens (tertiary/aromatic N) is 2. The lowest BCUT2D eigenvalue weighted by Gasteiger charge is -2.34. The summed E-state index contributed by atoms with van der Waals surface area (Å²) in [7, 11) is 0. The first-order chi connectivity index (χ1) is 8.11. The van der Waals surface area contributed by atoms with E-state index in [1.54, 1.807) is 0 Å². The SMILES string of the molecule is CC1=Cc2nc(N)nc(C(C)(C)C)c2CC1(C)C. The summed E-state index contributed by atoms with van der Waals surface area (Å²) in [5.74, 6) is 0.377. The Kier molecular flexibility index (Phi) is 2.76. The van der Waals surface area contributed by atoms with Crippen molar-refractivity contribution in [2.24, 2.45) is 5.41 Å². The molecule has 0 aliphatic heterocycles. The van der Waals surface area contributed by atoms with Crippen LogP contribution in [-0.2, 0) is 11.8 Å². The number of allylic oxidation sites excluding steroid dienone is 1. The summed E-state index contributed by atoms with van der Waals surface area (Å²) in [4.78, 5) is 8.88. The molecule has 1 aromatic rings. The normalized spacial score (nSPS) is 18.2. The predicted octanol–water partition coefficient (Wildman–Crippen LogP) is 3.34. The first-order valence-electron chi connectivity index (χ1n) is 6.47. The first-order valence-corrected chi connectivity index (χ1v) is 6.47. The van der Waals surface area contributed by atoms with E-state index in [0.29, 0.717) is 5.95 Å². The fourth-order valence-corrected chi connectivity index (χ4v) is 2.42. The first kappa shape index (κ1) is 13.1. The highest BCUT2D eigenvalue weighted by molar-refractivity contribution is 5.60. The molecule has 1 aliphatic carbocycles. The van der Waals surface area contributed by atoms with E-state index in [0.717, 1.165) is 17.8 Å². The summed E-state index contributed by atoms with van der Waals surface area (Å²) in [5, 5.41) is 0. The molecule has 1 aliphatic rings. The second-order valence-corrected chi connectivity index (χ2v) is 6.93. The molecular weight excluding hydrogens is 222 g/mol. The lowest BCUT2D eigenvalue weighted by Crippen LogP contribution is -2.27. The number of rotatable bonds is 0. The fourth-order valence-electron chi connectivity index (χ4n) is 2.42. The zero-order chi connectivity index (χ0) is 13.7. The van der Waals surface area contributed by atoms with Crippen molar-refractivity contribution in [2.75, 3.05) is 5.73 Å². The zero-order valence-electron chi connectivity index (χ0n) is 12.3. The average Bonchev–Trinajstić information content (AvgIpc) is 2.18. The molecule has 0 saturated heterocycles. The second-order valence-electron chi connectivity index (χ2n) is 6.93. The maximum atomic E-state index is 5.84. The van der Waals surface area contributed by atoms with E-state index in [1.165, 1.54) is 11.1 Å². The Bertz CT molecular complexity index is 519. The van der Waals surface area contributed by atoms with Crippen molar-refractivity contribution in [3.8, 4) is 0 Å². The van der Waals surface area contributed by atoms with Crippen LogP contribution in [0.1, 0.15) is 58.5 Å². The van der Waals surface area contributed by atoms with Crippen LogP contribution in [0.4, 0.5) is 5.95 Å². The second kappa shape index (κ2) is 3.81. The Balaban J connectivity index is 2.69. The molecule has 1 heterocycles. The van der Waals surface area contributed by atoms with Crippen LogP contribution in [0, 0.1) is 5.41 Å². The number of anilines is 1. The minimum Gasteiger partial charge on any atom is -0.368 e. The summed E-state index contributed by atoms with van der Waals surface area (Å²) in [5.41, 5.74) is 10.7. The summed E-state index contributed by atoms with van der Waals surface area (Å²) >= 11 is 0. The standard InChI is InChI=1S/C15H23N3/c1-9-7-11-10(8-15(9,5)6)12(14(2,3)4)18-13(16)17-11/h7H,8H2,1-6H3,(H2,16,17,18). The molecule has 1 aromatic heterocycles. The molecule has 0 unspecified atom stereocenters. The van der Waals surface area contributed by atoms with Crippen LogP contribution in [-0.4, -0.2) is 9.97 Å². The van der Waals surface area contributed by atoms with Crippen LogP contribution in [0.5, 0.6) is 0 Å². The molecule has 0 radical (unpaired) electrons. The molecule has 2 rings (SSSR count). The van der Waals surface area contributed by atoms with Crippen LogP contribution in [0.3, 0.4) is 0 Å². The van der Waals surface area contributed by atoms with Gasteiger partial charge in [-0.25, -0.2) is 9.97 Å². The van der Waals surface area contributed by atoms with E-state index < -0.39 is 0 Å². The molecule has 0 bridgehead atoms. The fraction of sp³-hybridized carbons (Fsp3) is 0.600. The molecule has 3 nitrogen and oxygen atoms in total. The van der Waals surface area contributed by atoms with E-state index >= 15 is 0 Å². The van der Waals surface area contributed by atoms with Gasteiger partial charge in [-0.1, -0.05) is 40.2 Å². The van der Waals surface area contributed by atoms with Crippen molar-refractivity contribution in [1.29, 1.82) is 0 Å². The van der Waals surface area contributed by atoms with Gasteiger partial charge in [-0.15, -0.1) is 0 Å². The van der Waals surface area contributed by atoms with Crippen LogP contribution in [0.2, 0.25) is 0 Å². The summed E-state index contributed by atoms with van der Waals surface area (Å²) < 4.78 is 0. The summed E-state index contributed by atoms with van der Waals surface area (Å²) in [6, 6.07) is 0. The Hall–Kier alpha value is -1.38. The maximum Gasteiger partial charge on any atom is 0.220 e. The van der Waals surface area contributed by atoms with Gasteiger partial charge in [0.1, 0.15) is 0 Å². The van der Waals surface area contributed by atoms with Crippen LogP contribution in [0.25, 0.3) is 6.08 Å². The molecule has 2 N–H and O–H groups in total. The number of aromatic nitrogens is 2. The van der Waals surface area contributed by atoms with Crippen molar-refractivity contribution in [3.63, 3.8) is 0 Å². The molecule has 3 heteroatoms. The van der Waals surface area contributed by atoms with Crippen molar-refractivity contribution >= 4 is 12.0 Å². The molecule has 0 amide bonds. The van der Waals surface area contributed by atoms with Gasteiger partial charge in [0.05, 0.1) is 11.4 Å². The highest BCUT2D eigenvalue weighted by Gasteiger charge is 2.32. The van der Waals surface area contributed by atoms with Gasteiger partial charge in [0, 0.05) is 11.0 Å². The van der Waals surface area contributed by atoms with Gasteiger partial charge in [-0.3, -0.25) is 0 Å². The Morgan fingerprint density at radius 2 is 1.83 bits per heavy atom. The average molecular weight is 245 g/mol. The topological polar surface area (TPSA) is 51.8 Å². The Morgan fingerprint density at radius 3 is 2.39 bits per heavy atom. The highest BCUT2D eigenvalue weighted by Crippen LogP contribution is 2.40. The lowest BCUT2D eigenvalue weighted by atomic mass is 9.72. The van der Waals surface area contributed by atoms with Gasteiger partial charge in [0.25, 0.3) is 0 Å². The van der Waals surface area contributed by atoms with Gasteiger partial charge in [-0.05, 0) is 24.8 Å². The third-order valence-corrected chi connectivity index (χ3v) is 3.81. The predicted molar refractivity (Wildman–Crippen MR) is 76.3 cm³/mol. The van der Waals surface area contributed by atoms with Crippen molar-refractivity contribution < 1.29 is 0 Å². The van der Waals surface area contributed by atoms with Crippen molar-refractivity contribution in [2.45, 2.75) is 53.4 Å². The van der Waals surface area contributed by atoms with Crippen LogP contribution >= 0.6 is 0 Å².